The second kappa shape index (κ2) is 8.05. The molecule has 1 aromatic carbocycles. The quantitative estimate of drug-likeness (QED) is 0.494. The molecule has 0 amide bonds. The summed E-state index contributed by atoms with van der Waals surface area (Å²) in [4.78, 5) is 39.4. The largest absolute Gasteiger partial charge is 0.462 e. The zero-order valence-corrected chi connectivity index (χ0v) is 16.6. The second-order valence-electron chi connectivity index (χ2n) is 6.80. The first-order valence-corrected chi connectivity index (χ1v) is 9.41. The first kappa shape index (κ1) is 20.3. The number of esters is 1. The first-order valence-electron chi connectivity index (χ1n) is 9.41. The van der Waals surface area contributed by atoms with Gasteiger partial charge in [-0.25, -0.2) is 28.5 Å². The Bertz CT molecular complexity index is 1360. The molecule has 1 N–H and O–H groups in total. The van der Waals surface area contributed by atoms with Crippen LogP contribution in [0.2, 0.25) is 0 Å². The summed E-state index contributed by atoms with van der Waals surface area (Å²) < 4.78 is 34.8. The van der Waals surface area contributed by atoms with Crippen LogP contribution >= 0.6 is 0 Å². The molecule has 4 aromatic rings. The molecule has 0 bridgehead atoms. The van der Waals surface area contributed by atoms with Crippen molar-refractivity contribution in [1.82, 2.24) is 24.3 Å². The van der Waals surface area contributed by atoms with Crippen molar-refractivity contribution >= 4 is 11.6 Å². The fourth-order valence-electron chi connectivity index (χ4n) is 3.11. The van der Waals surface area contributed by atoms with Crippen LogP contribution in [-0.4, -0.2) is 36.9 Å². The SMILES string of the molecule is CCOC(=O)c1cnc(-c2cn3ccnc3c(Cc3cc(F)c(C)cc3F)n2)[nH]c1=O. The molecular formula is C21H17F2N5O3. The van der Waals surface area contributed by atoms with Gasteiger partial charge in [0, 0.05) is 31.2 Å². The Hall–Kier alpha value is -3.95. The number of nitrogens with zero attached hydrogens (tertiary/aromatic N) is 4. The second-order valence-corrected chi connectivity index (χ2v) is 6.80. The van der Waals surface area contributed by atoms with Crippen molar-refractivity contribution < 1.29 is 18.3 Å². The smallest absolute Gasteiger partial charge is 0.345 e. The zero-order chi connectivity index (χ0) is 22.1. The van der Waals surface area contributed by atoms with Crippen molar-refractivity contribution in [3.8, 4) is 11.5 Å². The molecule has 0 unspecified atom stereocenters. The summed E-state index contributed by atoms with van der Waals surface area (Å²) in [5, 5.41) is 0. The van der Waals surface area contributed by atoms with Gasteiger partial charge in [0.2, 0.25) is 0 Å². The number of hydrogen-bond donors (Lipinski definition) is 1. The van der Waals surface area contributed by atoms with Gasteiger partial charge >= 0.3 is 5.97 Å². The highest BCUT2D eigenvalue weighted by molar-refractivity contribution is 5.88. The van der Waals surface area contributed by atoms with Crippen molar-refractivity contribution in [2.75, 3.05) is 6.61 Å². The van der Waals surface area contributed by atoms with Crippen LogP contribution in [-0.2, 0) is 11.2 Å². The molecule has 0 aliphatic rings. The van der Waals surface area contributed by atoms with Crippen LogP contribution in [0.4, 0.5) is 8.78 Å². The zero-order valence-electron chi connectivity index (χ0n) is 16.6. The van der Waals surface area contributed by atoms with Gasteiger partial charge in [-0.15, -0.1) is 0 Å². The minimum atomic E-state index is -0.779. The molecule has 0 saturated heterocycles. The number of aromatic amines is 1. The Kier molecular flexibility index (Phi) is 5.28. The monoisotopic (exact) mass is 425 g/mol. The van der Waals surface area contributed by atoms with E-state index >= 15 is 0 Å². The van der Waals surface area contributed by atoms with Gasteiger partial charge in [-0.1, -0.05) is 0 Å². The summed E-state index contributed by atoms with van der Waals surface area (Å²) in [6.45, 7) is 3.23. The Morgan fingerprint density at radius 2 is 2.03 bits per heavy atom. The van der Waals surface area contributed by atoms with E-state index in [1.807, 2.05) is 0 Å². The van der Waals surface area contributed by atoms with Crippen LogP contribution in [0, 0.1) is 18.6 Å². The number of H-pyrrole nitrogens is 1. The molecule has 31 heavy (non-hydrogen) atoms. The number of imidazole rings is 1. The number of hydrogen-bond acceptors (Lipinski definition) is 6. The summed E-state index contributed by atoms with van der Waals surface area (Å²) in [6, 6.07) is 2.26. The maximum atomic E-state index is 14.4. The molecule has 4 rings (SSSR count). The van der Waals surface area contributed by atoms with Gasteiger partial charge in [-0.2, -0.15) is 0 Å². The third kappa shape index (κ3) is 3.91. The predicted octanol–water partition coefficient (Wildman–Crippen LogP) is 2.83. The number of nitrogens with one attached hydrogen (secondary N) is 1. The van der Waals surface area contributed by atoms with E-state index in [1.54, 1.807) is 23.7 Å². The van der Waals surface area contributed by atoms with Gasteiger partial charge in [0.1, 0.15) is 22.9 Å². The van der Waals surface area contributed by atoms with Crippen molar-refractivity contribution in [2.24, 2.45) is 0 Å². The van der Waals surface area contributed by atoms with Crippen molar-refractivity contribution in [1.29, 1.82) is 0 Å². The first-order chi connectivity index (χ1) is 14.9. The van der Waals surface area contributed by atoms with E-state index in [2.05, 4.69) is 19.9 Å². The number of rotatable bonds is 5. The Labute approximate surface area is 174 Å². The fraction of sp³-hybridized carbons (Fsp3) is 0.190. The summed E-state index contributed by atoms with van der Waals surface area (Å²) in [6.07, 6.45) is 5.86. The Morgan fingerprint density at radius 1 is 1.23 bits per heavy atom. The number of aryl methyl sites for hydroxylation is 1. The highest BCUT2D eigenvalue weighted by Crippen LogP contribution is 2.21. The average molecular weight is 425 g/mol. The van der Waals surface area contributed by atoms with E-state index < -0.39 is 23.2 Å². The van der Waals surface area contributed by atoms with Crippen LogP contribution in [0.5, 0.6) is 0 Å². The Balaban J connectivity index is 1.78. The van der Waals surface area contributed by atoms with Gasteiger partial charge in [0.05, 0.1) is 12.3 Å². The standard InChI is InChI=1S/C21H17F2N5O3/c1-3-31-21(30)13-9-25-18(27-20(13)29)17-10-28-5-4-24-19(28)16(26-17)8-12-7-14(22)11(2)6-15(12)23/h4-7,9-10H,3,8H2,1-2H3,(H,25,27,29). The lowest BCUT2D eigenvalue weighted by Gasteiger charge is -2.09. The summed E-state index contributed by atoms with van der Waals surface area (Å²) in [5.41, 5.74) is 0.502. The molecule has 10 heteroatoms. The summed E-state index contributed by atoms with van der Waals surface area (Å²) in [5.74, 6) is -1.75. The normalized spacial score (nSPS) is 11.1. The predicted molar refractivity (Wildman–Crippen MR) is 107 cm³/mol. The van der Waals surface area contributed by atoms with Gasteiger partial charge in [0.25, 0.3) is 5.56 Å². The molecule has 0 radical (unpaired) electrons. The molecule has 8 nitrogen and oxygen atoms in total. The van der Waals surface area contributed by atoms with Crippen LogP contribution in [0.1, 0.15) is 34.1 Å². The van der Waals surface area contributed by atoms with Crippen molar-refractivity contribution in [2.45, 2.75) is 20.3 Å². The minimum absolute atomic E-state index is 0.0253. The third-order valence-electron chi connectivity index (χ3n) is 4.67. The number of benzene rings is 1. The van der Waals surface area contributed by atoms with E-state index in [4.69, 9.17) is 4.74 Å². The maximum Gasteiger partial charge on any atom is 0.345 e. The molecule has 158 valence electrons. The van der Waals surface area contributed by atoms with E-state index in [0.29, 0.717) is 11.3 Å². The van der Waals surface area contributed by atoms with Crippen LogP contribution in [0.25, 0.3) is 17.2 Å². The lowest BCUT2D eigenvalue weighted by Crippen LogP contribution is -2.21. The third-order valence-corrected chi connectivity index (χ3v) is 4.67. The number of ether oxygens (including phenoxy) is 1. The van der Waals surface area contributed by atoms with Gasteiger partial charge in [-0.3, -0.25) is 4.79 Å². The van der Waals surface area contributed by atoms with Crippen molar-refractivity contribution in [3.05, 3.63) is 81.3 Å². The van der Waals surface area contributed by atoms with Crippen LogP contribution in [0.3, 0.4) is 0 Å². The molecule has 0 atom stereocenters. The Morgan fingerprint density at radius 3 is 2.77 bits per heavy atom. The fourth-order valence-corrected chi connectivity index (χ4v) is 3.11. The molecular weight excluding hydrogens is 408 g/mol. The number of carbonyl (C=O) groups is 1. The number of carbonyl (C=O) groups excluding carboxylic acids is 1. The lowest BCUT2D eigenvalue weighted by molar-refractivity contribution is 0.0523. The van der Waals surface area contributed by atoms with Crippen molar-refractivity contribution in [3.63, 3.8) is 0 Å². The van der Waals surface area contributed by atoms with E-state index in [1.165, 1.54) is 13.1 Å². The maximum absolute atomic E-state index is 14.4. The number of halogens is 2. The molecule has 0 saturated carbocycles. The highest BCUT2D eigenvalue weighted by atomic mass is 19.1. The van der Waals surface area contributed by atoms with Gasteiger partial charge < -0.3 is 14.1 Å². The molecule has 3 heterocycles. The number of fused-ring (bicyclic) bond motifs is 1. The van der Waals surface area contributed by atoms with E-state index in [0.717, 1.165) is 18.3 Å². The minimum Gasteiger partial charge on any atom is -0.462 e. The highest BCUT2D eigenvalue weighted by Gasteiger charge is 2.17. The molecule has 0 fully saturated rings. The van der Waals surface area contributed by atoms with E-state index in [-0.39, 0.29) is 41.2 Å². The molecule has 0 aliphatic heterocycles. The van der Waals surface area contributed by atoms with Crippen LogP contribution < -0.4 is 5.56 Å². The van der Waals surface area contributed by atoms with Crippen LogP contribution in [0.15, 0.2) is 41.7 Å². The molecule has 0 spiro atoms. The molecule has 3 aromatic heterocycles. The molecule has 0 aliphatic carbocycles. The van der Waals surface area contributed by atoms with E-state index in [9.17, 15) is 18.4 Å². The van der Waals surface area contributed by atoms with Gasteiger partial charge in [0.15, 0.2) is 11.5 Å². The summed E-state index contributed by atoms with van der Waals surface area (Å²) >= 11 is 0. The number of aromatic nitrogens is 5. The summed E-state index contributed by atoms with van der Waals surface area (Å²) in [7, 11) is 0. The average Bonchev–Trinajstić information content (AvgIpc) is 3.21. The lowest BCUT2D eigenvalue weighted by atomic mass is 10.1. The van der Waals surface area contributed by atoms with Gasteiger partial charge in [-0.05, 0) is 37.1 Å². The topological polar surface area (TPSA) is 102 Å².